The second-order valence-corrected chi connectivity index (χ2v) is 27.9. The largest absolute Gasteiger partial charge is 0.310 e. The van der Waals surface area contributed by atoms with E-state index < -0.39 is 0 Å². The second-order valence-electron chi connectivity index (χ2n) is 27.9. The Morgan fingerprint density at radius 2 is 0.725 bits per heavy atom. The zero-order chi connectivity index (χ0) is 60.8. The molecule has 15 aromatic carbocycles. The number of benzene rings is 15. The Kier molecular flexibility index (Phi) is 10.8. The molecule has 2 aliphatic heterocycles. The number of fused-ring (bicyclic) bond motifs is 21. The van der Waals surface area contributed by atoms with Gasteiger partial charge in [0.15, 0.2) is 0 Å². The average molecular weight is 1160 g/mol. The standard InChI is InChI=1S/C88H63BN2/c1-87(2,3)59-40-35-54(36-41-59)63-33-20-34-64(55-37-42-60(43-38-55)88(4,5)6)79(63)58-50-77-84-78(51-58)91-75-45-39-53-23-10-12-27-65(53)81(75)83-66-28-13-11-24-56(66)48-74(86(83)91)89(84)73-49-57(62-26-15-14-25-61(62)52-21-8-7-9-22-52)47-72-82-76(90(77)85(72)73)46-44-71-69-31-17-16-29-67(69)68-30-18-19-32-70(68)80(71)82/h7-51H,1-6H3. The molecular weight excluding hydrogens is 1100 g/mol. The van der Waals surface area contributed by atoms with Gasteiger partial charge >= 0.3 is 0 Å². The minimum absolute atomic E-state index is 0.00540. The van der Waals surface area contributed by atoms with E-state index in [0.29, 0.717) is 0 Å². The molecule has 428 valence electrons. The van der Waals surface area contributed by atoms with Crippen molar-refractivity contribution in [1.82, 2.24) is 9.13 Å². The normalized spacial score (nSPS) is 12.9. The molecule has 91 heavy (non-hydrogen) atoms. The van der Waals surface area contributed by atoms with E-state index in [1.165, 1.54) is 192 Å². The van der Waals surface area contributed by atoms with Gasteiger partial charge in [-0.15, -0.1) is 0 Å². The third-order valence-electron chi connectivity index (χ3n) is 20.8. The number of rotatable bonds is 5. The molecule has 19 rings (SSSR count). The van der Waals surface area contributed by atoms with Crippen LogP contribution in [0.3, 0.4) is 0 Å². The Hall–Kier alpha value is -10.7. The van der Waals surface area contributed by atoms with Gasteiger partial charge < -0.3 is 9.13 Å². The van der Waals surface area contributed by atoms with Crippen molar-refractivity contribution in [3.8, 4) is 67.0 Å². The van der Waals surface area contributed by atoms with Crippen molar-refractivity contribution < 1.29 is 0 Å². The summed E-state index contributed by atoms with van der Waals surface area (Å²) < 4.78 is 5.42. The maximum Gasteiger partial charge on any atom is 0.252 e. The molecule has 0 fully saturated rings. The number of hydrogen-bond donors (Lipinski definition) is 0. The van der Waals surface area contributed by atoms with Crippen molar-refractivity contribution >= 4 is 121 Å². The molecule has 0 saturated heterocycles. The molecule has 0 radical (unpaired) electrons. The first-order valence-corrected chi connectivity index (χ1v) is 32.3. The van der Waals surface area contributed by atoms with E-state index in [2.05, 4.69) is 324 Å². The van der Waals surface area contributed by atoms with E-state index in [1.807, 2.05) is 0 Å². The fraction of sp³-hybridized carbons (Fsp3) is 0.0909. The van der Waals surface area contributed by atoms with Crippen LogP contribution in [0.5, 0.6) is 0 Å². The van der Waals surface area contributed by atoms with Crippen molar-refractivity contribution in [3.05, 3.63) is 284 Å². The molecule has 0 spiro atoms. The van der Waals surface area contributed by atoms with Crippen LogP contribution in [0.2, 0.25) is 0 Å². The van der Waals surface area contributed by atoms with E-state index in [9.17, 15) is 0 Å². The molecule has 17 aromatic rings. The van der Waals surface area contributed by atoms with Gasteiger partial charge in [0.25, 0.3) is 6.71 Å². The average Bonchev–Trinajstić information content (AvgIpc) is 1.55. The molecule has 0 N–H and O–H groups in total. The molecule has 3 heteroatoms. The smallest absolute Gasteiger partial charge is 0.252 e. The van der Waals surface area contributed by atoms with Crippen LogP contribution in [0.1, 0.15) is 52.7 Å². The highest BCUT2D eigenvalue weighted by Crippen LogP contribution is 2.50. The SMILES string of the molecule is CC(C)(C)c1ccc(-c2cccc(-c3ccc(C(C)(C)C)cc3)c2-c2cc3c4c(c2)-n2c5ccc6ccccc6c5c5c6ccccc6cc(c52)B4c2cc(-c4ccccc4-c4ccccc4)cc4c5c6c7ccccc7c7ccccc7c6ccc5n-3c24)cc1. The van der Waals surface area contributed by atoms with E-state index in [4.69, 9.17) is 0 Å². The second kappa shape index (κ2) is 18.9. The van der Waals surface area contributed by atoms with Gasteiger partial charge in [0.2, 0.25) is 0 Å². The number of hydrogen-bond acceptors (Lipinski definition) is 0. The molecule has 0 aliphatic carbocycles. The summed E-state index contributed by atoms with van der Waals surface area (Å²) in [6.07, 6.45) is 0. The highest BCUT2D eigenvalue weighted by atomic mass is 15.0. The predicted octanol–water partition coefficient (Wildman–Crippen LogP) is 21.7. The topological polar surface area (TPSA) is 9.86 Å². The Bertz CT molecular complexity index is 5890. The van der Waals surface area contributed by atoms with Crippen molar-refractivity contribution in [2.45, 2.75) is 52.4 Å². The van der Waals surface area contributed by atoms with Crippen molar-refractivity contribution in [1.29, 1.82) is 0 Å². The van der Waals surface area contributed by atoms with Crippen molar-refractivity contribution in [2.75, 3.05) is 0 Å². The summed E-state index contributed by atoms with van der Waals surface area (Å²) in [5.74, 6) is 0. The summed E-state index contributed by atoms with van der Waals surface area (Å²) in [6.45, 7) is 13.7. The van der Waals surface area contributed by atoms with Gasteiger partial charge in [0.05, 0.1) is 16.6 Å². The lowest BCUT2D eigenvalue weighted by Gasteiger charge is -2.35. The summed E-state index contributed by atoms with van der Waals surface area (Å²) in [6, 6.07) is 105. The number of aromatic nitrogens is 2. The van der Waals surface area contributed by atoms with Gasteiger partial charge in [0.1, 0.15) is 0 Å². The van der Waals surface area contributed by atoms with Gasteiger partial charge in [-0.2, -0.15) is 0 Å². The highest BCUT2D eigenvalue weighted by Gasteiger charge is 2.43. The van der Waals surface area contributed by atoms with Gasteiger partial charge in [-0.25, -0.2) is 0 Å². The first-order valence-electron chi connectivity index (χ1n) is 32.3. The van der Waals surface area contributed by atoms with Gasteiger partial charge in [-0.3, -0.25) is 0 Å². The lowest BCUT2D eigenvalue weighted by atomic mass is 9.34. The van der Waals surface area contributed by atoms with Crippen LogP contribution >= 0.6 is 0 Å². The van der Waals surface area contributed by atoms with Crippen LogP contribution in [-0.4, -0.2) is 15.8 Å². The summed E-state index contributed by atoms with van der Waals surface area (Å²) >= 11 is 0. The Morgan fingerprint density at radius 1 is 0.275 bits per heavy atom. The first-order chi connectivity index (χ1) is 44.4. The monoisotopic (exact) mass is 1160 g/mol. The Morgan fingerprint density at radius 3 is 1.34 bits per heavy atom. The zero-order valence-electron chi connectivity index (χ0n) is 52.0. The molecular formula is C88H63BN2. The summed E-state index contributed by atoms with van der Waals surface area (Å²) in [5.41, 5.74) is 26.1. The molecule has 2 nitrogen and oxygen atoms in total. The minimum atomic E-state index is -0.147. The van der Waals surface area contributed by atoms with Crippen molar-refractivity contribution in [3.63, 3.8) is 0 Å². The van der Waals surface area contributed by atoms with Crippen LogP contribution in [0.4, 0.5) is 0 Å². The summed E-state index contributed by atoms with van der Waals surface area (Å²) in [7, 11) is 0. The van der Waals surface area contributed by atoms with Crippen LogP contribution in [-0.2, 0) is 10.8 Å². The Labute approximate surface area is 530 Å². The lowest BCUT2D eigenvalue weighted by molar-refractivity contribution is 0.590. The van der Waals surface area contributed by atoms with Crippen LogP contribution in [0.25, 0.3) is 164 Å². The minimum Gasteiger partial charge on any atom is -0.310 e. The molecule has 0 atom stereocenters. The third-order valence-corrected chi connectivity index (χ3v) is 20.8. The maximum absolute atomic E-state index is 2.72. The molecule has 0 bridgehead atoms. The van der Waals surface area contributed by atoms with Gasteiger partial charge in [-0.05, 0) is 173 Å². The van der Waals surface area contributed by atoms with E-state index in [0.717, 1.165) is 0 Å². The predicted molar refractivity (Wildman–Crippen MR) is 392 cm³/mol. The van der Waals surface area contributed by atoms with Crippen LogP contribution in [0, 0.1) is 0 Å². The molecule has 4 heterocycles. The quantitative estimate of drug-likeness (QED) is 0.120. The first kappa shape index (κ1) is 52.2. The number of nitrogens with zero attached hydrogens (tertiary/aromatic N) is 2. The molecule has 0 saturated carbocycles. The maximum atomic E-state index is 2.72. The third kappa shape index (κ3) is 7.44. The van der Waals surface area contributed by atoms with Crippen molar-refractivity contribution in [2.24, 2.45) is 0 Å². The van der Waals surface area contributed by atoms with Gasteiger partial charge in [-0.1, -0.05) is 284 Å². The van der Waals surface area contributed by atoms with E-state index in [1.54, 1.807) is 0 Å². The molecule has 2 aromatic heterocycles. The fourth-order valence-corrected chi connectivity index (χ4v) is 16.6. The van der Waals surface area contributed by atoms with E-state index in [-0.39, 0.29) is 17.5 Å². The van der Waals surface area contributed by atoms with E-state index >= 15 is 0 Å². The lowest BCUT2D eigenvalue weighted by Crippen LogP contribution is -2.59. The highest BCUT2D eigenvalue weighted by molar-refractivity contribution is 7.00. The zero-order valence-corrected chi connectivity index (χ0v) is 52.0. The molecule has 0 amide bonds. The molecule has 0 unspecified atom stereocenters. The summed E-state index contributed by atoms with van der Waals surface area (Å²) in [5, 5.41) is 17.9. The van der Waals surface area contributed by atoms with Gasteiger partial charge in [0, 0.05) is 43.8 Å². The Balaban J connectivity index is 1.03. The molecule has 2 aliphatic rings. The fourth-order valence-electron chi connectivity index (χ4n) is 16.6. The van der Waals surface area contributed by atoms with Crippen LogP contribution < -0.4 is 16.4 Å². The summed E-state index contributed by atoms with van der Waals surface area (Å²) in [4.78, 5) is 0. The van der Waals surface area contributed by atoms with Crippen LogP contribution in [0.15, 0.2) is 273 Å².